The van der Waals surface area contributed by atoms with E-state index < -0.39 is 0 Å². The number of carbonyl (C=O) groups excluding carboxylic acids is 1. The lowest BCUT2D eigenvalue weighted by Gasteiger charge is -2.19. The van der Waals surface area contributed by atoms with E-state index in [2.05, 4.69) is 27.5 Å². The maximum Gasteiger partial charge on any atom is 0.243 e. The number of nitrogens with one attached hydrogen (secondary N) is 1. The summed E-state index contributed by atoms with van der Waals surface area (Å²) in [5, 5.41) is 7.31. The van der Waals surface area contributed by atoms with E-state index in [0.717, 1.165) is 42.8 Å². The smallest absolute Gasteiger partial charge is 0.243 e. The Labute approximate surface area is 146 Å². The van der Waals surface area contributed by atoms with Crippen molar-refractivity contribution in [1.29, 1.82) is 0 Å². The van der Waals surface area contributed by atoms with Gasteiger partial charge in [-0.2, -0.15) is 5.10 Å². The van der Waals surface area contributed by atoms with Gasteiger partial charge in [-0.1, -0.05) is 24.3 Å². The quantitative estimate of drug-likeness (QED) is 0.797. The Hall–Kier alpha value is -2.89. The third-order valence-electron chi connectivity index (χ3n) is 4.66. The van der Waals surface area contributed by atoms with Crippen LogP contribution in [0.15, 0.2) is 55.1 Å². The minimum atomic E-state index is -0.197. The Morgan fingerprint density at radius 3 is 2.92 bits per heavy atom. The molecule has 0 spiro atoms. The monoisotopic (exact) mass is 335 g/mol. The number of aromatic nitrogens is 4. The van der Waals surface area contributed by atoms with E-state index in [-0.39, 0.29) is 11.9 Å². The maximum absolute atomic E-state index is 12.5. The van der Waals surface area contributed by atoms with Gasteiger partial charge in [0.2, 0.25) is 5.91 Å². The highest BCUT2D eigenvalue weighted by Crippen LogP contribution is 2.28. The Balaban J connectivity index is 1.72. The lowest BCUT2D eigenvalue weighted by Crippen LogP contribution is -2.31. The van der Waals surface area contributed by atoms with Crippen molar-refractivity contribution in [2.24, 2.45) is 0 Å². The molecular weight excluding hydrogens is 314 g/mol. The summed E-state index contributed by atoms with van der Waals surface area (Å²) in [6.45, 7) is 1.43. The number of imidazole rings is 1. The second-order valence-electron chi connectivity index (χ2n) is 6.32. The van der Waals surface area contributed by atoms with Gasteiger partial charge in [-0.25, -0.2) is 4.98 Å². The lowest BCUT2D eigenvalue weighted by atomic mass is 10.1. The molecule has 1 atom stereocenters. The van der Waals surface area contributed by atoms with Crippen LogP contribution in [0.3, 0.4) is 0 Å². The van der Waals surface area contributed by atoms with Crippen LogP contribution in [0, 0.1) is 0 Å². The Kier molecular flexibility index (Phi) is 4.33. The topological polar surface area (TPSA) is 64.7 Å². The SMILES string of the molecule is O=C1NCCCC[C@@H]1n1ccnc1-c1ccccc1Cn1cccn1. The van der Waals surface area contributed by atoms with E-state index in [1.807, 2.05) is 39.8 Å². The molecule has 3 aromatic rings. The van der Waals surface area contributed by atoms with Gasteiger partial charge in [0.1, 0.15) is 11.9 Å². The number of amides is 1. The third kappa shape index (κ3) is 3.20. The van der Waals surface area contributed by atoms with Crippen LogP contribution in [-0.2, 0) is 11.3 Å². The fraction of sp³-hybridized carbons (Fsp3) is 0.316. The average molecular weight is 335 g/mol. The summed E-state index contributed by atoms with van der Waals surface area (Å²) in [5.41, 5.74) is 2.17. The summed E-state index contributed by atoms with van der Waals surface area (Å²) in [4.78, 5) is 17.0. The lowest BCUT2D eigenvalue weighted by molar-refractivity contribution is -0.124. The van der Waals surface area contributed by atoms with Crippen molar-refractivity contribution in [3.8, 4) is 11.4 Å². The predicted octanol–water partition coefficient (Wildman–Crippen LogP) is 2.64. The standard InChI is InChI=1S/C19H21N5O/c25-19-17(8-3-4-9-21-19)24-13-11-20-18(24)16-7-2-1-6-15(16)14-23-12-5-10-22-23/h1-2,5-7,10-13,17H,3-4,8-9,14H2,(H,21,25)/t17-/m0/s1. The fourth-order valence-corrected chi connectivity index (χ4v) is 3.41. The van der Waals surface area contributed by atoms with Crippen molar-refractivity contribution in [1.82, 2.24) is 24.6 Å². The van der Waals surface area contributed by atoms with Crippen LogP contribution < -0.4 is 5.32 Å². The number of hydrogen-bond acceptors (Lipinski definition) is 3. The van der Waals surface area contributed by atoms with Crippen molar-refractivity contribution < 1.29 is 4.79 Å². The molecule has 0 bridgehead atoms. The molecule has 6 heteroatoms. The van der Waals surface area contributed by atoms with Crippen molar-refractivity contribution in [2.45, 2.75) is 31.8 Å². The number of rotatable bonds is 4. The highest BCUT2D eigenvalue weighted by atomic mass is 16.2. The Morgan fingerprint density at radius 2 is 2.04 bits per heavy atom. The summed E-state index contributed by atoms with van der Waals surface area (Å²) in [7, 11) is 0. The molecule has 0 aliphatic carbocycles. The highest BCUT2D eigenvalue weighted by Gasteiger charge is 2.25. The van der Waals surface area contributed by atoms with Crippen LogP contribution in [0.4, 0.5) is 0 Å². The fourth-order valence-electron chi connectivity index (χ4n) is 3.41. The molecule has 1 aromatic carbocycles. The first-order chi connectivity index (χ1) is 12.3. The second-order valence-corrected chi connectivity index (χ2v) is 6.32. The molecule has 3 heterocycles. The van der Waals surface area contributed by atoms with E-state index in [9.17, 15) is 4.79 Å². The van der Waals surface area contributed by atoms with Crippen molar-refractivity contribution >= 4 is 5.91 Å². The summed E-state index contributed by atoms with van der Waals surface area (Å²) in [6, 6.07) is 9.90. The zero-order valence-corrected chi connectivity index (χ0v) is 14.0. The van der Waals surface area contributed by atoms with Crippen LogP contribution in [0.5, 0.6) is 0 Å². The molecular formula is C19H21N5O. The normalized spacial score (nSPS) is 17.9. The van der Waals surface area contributed by atoms with Crippen LogP contribution in [0.25, 0.3) is 11.4 Å². The van der Waals surface area contributed by atoms with Crippen LogP contribution in [0.1, 0.15) is 30.9 Å². The predicted molar refractivity (Wildman–Crippen MR) is 94.9 cm³/mol. The molecule has 25 heavy (non-hydrogen) atoms. The number of carbonyl (C=O) groups is 1. The molecule has 2 aromatic heterocycles. The number of nitrogens with zero attached hydrogens (tertiary/aromatic N) is 4. The molecule has 1 amide bonds. The molecule has 0 unspecified atom stereocenters. The maximum atomic E-state index is 12.5. The van der Waals surface area contributed by atoms with Gasteiger partial charge in [0, 0.05) is 36.9 Å². The van der Waals surface area contributed by atoms with E-state index in [4.69, 9.17) is 0 Å². The molecule has 1 aliphatic heterocycles. The van der Waals surface area contributed by atoms with Gasteiger partial charge in [0.15, 0.2) is 0 Å². The molecule has 1 aliphatic rings. The van der Waals surface area contributed by atoms with Gasteiger partial charge >= 0.3 is 0 Å². The third-order valence-corrected chi connectivity index (χ3v) is 4.66. The molecule has 0 saturated carbocycles. The Morgan fingerprint density at radius 1 is 1.12 bits per heavy atom. The molecule has 1 N–H and O–H groups in total. The summed E-state index contributed by atoms with van der Waals surface area (Å²) < 4.78 is 3.91. The van der Waals surface area contributed by atoms with Crippen LogP contribution >= 0.6 is 0 Å². The van der Waals surface area contributed by atoms with E-state index >= 15 is 0 Å². The number of hydrogen-bond donors (Lipinski definition) is 1. The van der Waals surface area contributed by atoms with Crippen molar-refractivity contribution in [3.05, 3.63) is 60.7 Å². The molecule has 1 saturated heterocycles. The van der Waals surface area contributed by atoms with Gasteiger partial charge in [-0.15, -0.1) is 0 Å². The van der Waals surface area contributed by atoms with Gasteiger partial charge in [-0.3, -0.25) is 9.48 Å². The van der Waals surface area contributed by atoms with E-state index in [1.54, 1.807) is 12.4 Å². The zero-order valence-electron chi connectivity index (χ0n) is 14.0. The first kappa shape index (κ1) is 15.6. The Bertz CT molecular complexity index is 852. The first-order valence-electron chi connectivity index (χ1n) is 8.69. The molecule has 1 fully saturated rings. The molecule has 6 nitrogen and oxygen atoms in total. The van der Waals surface area contributed by atoms with Gasteiger partial charge < -0.3 is 9.88 Å². The van der Waals surface area contributed by atoms with Crippen molar-refractivity contribution in [3.63, 3.8) is 0 Å². The summed E-state index contributed by atoms with van der Waals surface area (Å²) >= 11 is 0. The molecule has 4 rings (SSSR count). The first-order valence-corrected chi connectivity index (χ1v) is 8.69. The summed E-state index contributed by atoms with van der Waals surface area (Å²) in [5.74, 6) is 0.922. The largest absolute Gasteiger partial charge is 0.354 e. The minimum Gasteiger partial charge on any atom is -0.354 e. The average Bonchev–Trinajstić information content (AvgIpc) is 3.26. The van der Waals surface area contributed by atoms with Gasteiger partial charge in [-0.05, 0) is 30.9 Å². The van der Waals surface area contributed by atoms with E-state index in [1.165, 1.54) is 0 Å². The second kappa shape index (κ2) is 6.93. The molecule has 0 radical (unpaired) electrons. The zero-order chi connectivity index (χ0) is 17.1. The number of benzene rings is 1. The van der Waals surface area contributed by atoms with Crippen LogP contribution in [0.2, 0.25) is 0 Å². The van der Waals surface area contributed by atoms with E-state index in [0.29, 0.717) is 6.54 Å². The minimum absolute atomic E-state index is 0.0845. The molecule has 128 valence electrons. The van der Waals surface area contributed by atoms with Crippen LogP contribution in [-0.4, -0.2) is 31.8 Å². The highest BCUT2D eigenvalue weighted by molar-refractivity contribution is 5.81. The summed E-state index contributed by atoms with van der Waals surface area (Å²) in [6.07, 6.45) is 10.3. The van der Waals surface area contributed by atoms with Gasteiger partial charge in [0.05, 0.1) is 6.54 Å². The van der Waals surface area contributed by atoms with Crippen molar-refractivity contribution in [2.75, 3.05) is 6.54 Å². The van der Waals surface area contributed by atoms with Gasteiger partial charge in [0.25, 0.3) is 0 Å².